The summed E-state index contributed by atoms with van der Waals surface area (Å²) in [7, 11) is 3.49. The first kappa shape index (κ1) is 39.9. The second-order valence-corrected chi connectivity index (χ2v) is 18.8. The van der Waals surface area contributed by atoms with Crippen molar-refractivity contribution in [3.05, 3.63) is 39.4 Å². The number of likely N-dealkylation sites (N-methyl/N-ethyl adjacent to an activating group) is 1. The summed E-state index contributed by atoms with van der Waals surface area (Å²) in [6, 6.07) is 0.937. The maximum atomic E-state index is 14.0. The largest absolute Gasteiger partial charge is 0.504 e. The highest BCUT2D eigenvalue weighted by molar-refractivity contribution is 8.00. The molecule has 8 aliphatic rings. The molecule has 0 radical (unpaired) electrons. The molecule has 2 aromatic carbocycles. The van der Waals surface area contributed by atoms with Crippen LogP contribution < -0.4 is 34.9 Å². The Morgan fingerprint density at radius 1 is 1.07 bits per heavy atom. The van der Waals surface area contributed by atoms with Crippen LogP contribution in [0.3, 0.4) is 0 Å². The van der Waals surface area contributed by atoms with Crippen LogP contribution in [0.25, 0.3) is 0 Å². The zero-order valence-electron chi connectivity index (χ0n) is 33.5. The Hall–Kier alpha value is -4.57. The third-order valence-corrected chi connectivity index (χ3v) is 16.0. The SMILES string of the molecule is COc1c(C)cc2c(c1O)[C@@H]1C3[C@@H]4SC[C@H](NC(=O)CCCCC5SCC6NC(=O)NC65)C(=O)OC[C@H](c5c6c(c(C)c(OC(C)=O)c54)OCO6)N3[C@@H](C#N)[C@@H](C2)N1C. The number of methoxy groups -OCH3 is 1. The van der Waals surface area contributed by atoms with Gasteiger partial charge in [0.05, 0.1) is 42.6 Å². The van der Waals surface area contributed by atoms with Crippen LogP contribution in [-0.4, -0.2) is 119 Å². The van der Waals surface area contributed by atoms with Gasteiger partial charge in [-0.05, 0) is 51.3 Å². The zero-order valence-corrected chi connectivity index (χ0v) is 35.1. The van der Waals surface area contributed by atoms with Crippen molar-refractivity contribution >= 4 is 47.4 Å². The molecule has 2 aromatic rings. The number of benzene rings is 2. The zero-order chi connectivity index (χ0) is 41.4. The minimum absolute atomic E-state index is 0.0287. The number of fused-ring (bicyclic) bond motifs is 11. The maximum Gasteiger partial charge on any atom is 0.329 e. The first-order valence-electron chi connectivity index (χ1n) is 20.1. The minimum Gasteiger partial charge on any atom is -0.504 e. The quantitative estimate of drug-likeness (QED) is 0.130. The number of esters is 2. The fourth-order valence-corrected chi connectivity index (χ4v) is 13.7. The van der Waals surface area contributed by atoms with Gasteiger partial charge >= 0.3 is 18.0 Å². The number of carbonyl (C=O) groups excluding carboxylic acids is 4. The molecule has 16 nitrogen and oxygen atoms in total. The lowest BCUT2D eigenvalue weighted by Gasteiger charge is -2.61. The lowest BCUT2D eigenvalue weighted by atomic mass is 9.71. The fourth-order valence-electron chi connectivity index (χ4n) is 10.6. The number of thioether (sulfide) groups is 2. The van der Waals surface area contributed by atoms with Gasteiger partial charge in [-0.25, -0.2) is 9.59 Å². The molecule has 10 rings (SSSR count). The molecule has 59 heavy (non-hydrogen) atoms. The van der Waals surface area contributed by atoms with Gasteiger partial charge in [-0.15, -0.1) is 11.8 Å². The third-order valence-electron chi connectivity index (χ3n) is 13.1. The summed E-state index contributed by atoms with van der Waals surface area (Å²) in [5.41, 5.74) is 4.24. The highest BCUT2D eigenvalue weighted by atomic mass is 32.2. The second-order valence-electron chi connectivity index (χ2n) is 16.4. The summed E-state index contributed by atoms with van der Waals surface area (Å²) in [6.07, 6.45) is 2.95. The minimum atomic E-state index is -1.00. The van der Waals surface area contributed by atoms with E-state index in [0.717, 1.165) is 29.7 Å². The van der Waals surface area contributed by atoms with Crippen molar-refractivity contribution in [2.24, 2.45) is 0 Å². The number of aryl methyl sites for hydroxylation is 1. The Bertz CT molecular complexity index is 2170. The molecule has 314 valence electrons. The fraction of sp³-hybridized carbons (Fsp3) is 0.585. The van der Waals surface area contributed by atoms with Crippen LogP contribution in [0, 0.1) is 25.2 Å². The lowest BCUT2D eigenvalue weighted by Crippen LogP contribution is -2.69. The Labute approximate surface area is 350 Å². The summed E-state index contributed by atoms with van der Waals surface area (Å²) < 4.78 is 30.1. The average molecular weight is 849 g/mol. The molecule has 8 aliphatic heterocycles. The van der Waals surface area contributed by atoms with Crippen molar-refractivity contribution in [3.63, 3.8) is 0 Å². The third kappa shape index (κ3) is 6.50. The molecular weight excluding hydrogens is 801 g/mol. The Balaban J connectivity index is 1.08. The van der Waals surface area contributed by atoms with E-state index < -0.39 is 47.4 Å². The number of amides is 3. The molecule has 8 heterocycles. The van der Waals surface area contributed by atoms with E-state index >= 15 is 0 Å². The van der Waals surface area contributed by atoms with Crippen LogP contribution in [0.2, 0.25) is 0 Å². The predicted molar refractivity (Wildman–Crippen MR) is 216 cm³/mol. The number of unbranched alkanes of at least 4 members (excludes halogenated alkanes) is 1. The molecule has 0 aliphatic carbocycles. The summed E-state index contributed by atoms with van der Waals surface area (Å²) in [6.45, 7) is 4.76. The average Bonchev–Trinajstić information content (AvgIpc) is 3.93. The van der Waals surface area contributed by atoms with Crippen LogP contribution in [-0.2, 0) is 25.5 Å². The maximum absolute atomic E-state index is 14.0. The summed E-state index contributed by atoms with van der Waals surface area (Å²) >= 11 is 3.24. The van der Waals surface area contributed by atoms with Crippen molar-refractivity contribution in [2.45, 2.75) is 112 Å². The number of nitrogens with one attached hydrogen (secondary N) is 3. The van der Waals surface area contributed by atoms with E-state index in [2.05, 4.69) is 31.8 Å². The molecule has 4 N–H and O–H groups in total. The number of aromatic hydroxyl groups is 1. The molecule has 0 saturated carbocycles. The van der Waals surface area contributed by atoms with Crippen LogP contribution in [0.1, 0.15) is 83.3 Å². The van der Waals surface area contributed by atoms with Crippen molar-refractivity contribution in [3.8, 4) is 34.8 Å². The smallest absolute Gasteiger partial charge is 0.329 e. The molecule has 4 fully saturated rings. The number of phenolic OH excluding ortho intramolecular Hbond substituents is 1. The van der Waals surface area contributed by atoms with E-state index in [9.17, 15) is 29.5 Å². The monoisotopic (exact) mass is 848 g/mol. The molecule has 3 amide bonds. The van der Waals surface area contributed by atoms with Crippen molar-refractivity contribution in [2.75, 3.05) is 39.1 Å². The predicted octanol–water partition coefficient (Wildman–Crippen LogP) is 3.44. The summed E-state index contributed by atoms with van der Waals surface area (Å²) in [4.78, 5) is 56.5. The highest BCUT2D eigenvalue weighted by Crippen LogP contribution is 2.64. The van der Waals surface area contributed by atoms with Gasteiger partial charge in [-0.2, -0.15) is 17.0 Å². The van der Waals surface area contributed by atoms with Crippen LogP contribution in [0.4, 0.5) is 4.79 Å². The van der Waals surface area contributed by atoms with E-state index in [0.29, 0.717) is 58.1 Å². The van der Waals surface area contributed by atoms with Crippen molar-refractivity contribution in [1.29, 1.82) is 5.26 Å². The van der Waals surface area contributed by atoms with E-state index in [-0.39, 0.29) is 66.6 Å². The number of rotatable bonds is 8. The van der Waals surface area contributed by atoms with Gasteiger partial charge in [0.25, 0.3) is 0 Å². The van der Waals surface area contributed by atoms with Gasteiger partial charge in [0.2, 0.25) is 12.7 Å². The lowest BCUT2D eigenvalue weighted by molar-refractivity contribution is -0.152. The van der Waals surface area contributed by atoms with Crippen LogP contribution in [0.15, 0.2) is 6.07 Å². The second kappa shape index (κ2) is 15.5. The number of piperazine rings is 1. The number of carbonyl (C=O) groups is 4. The Morgan fingerprint density at radius 2 is 1.86 bits per heavy atom. The number of phenols is 1. The molecule has 18 heteroatoms. The molecular formula is C41H48N6O10S2. The number of ether oxygens (including phenoxy) is 5. The Morgan fingerprint density at radius 3 is 2.63 bits per heavy atom. The Kier molecular flexibility index (Phi) is 10.5. The van der Waals surface area contributed by atoms with E-state index in [1.165, 1.54) is 25.8 Å². The van der Waals surface area contributed by atoms with Crippen molar-refractivity contribution < 1.29 is 48.0 Å². The molecule has 4 unspecified atom stereocenters. The molecule has 4 saturated heterocycles. The van der Waals surface area contributed by atoms with Gasteiger partial charge in [-0.3, -0.25) is 19.4 Å². The summed E-state index contributed by atoms with van der Waals surface area (Å²) in [5, 5.41) is 31.7. The molecule has 0 aromatic heterocycles. The van der Waals surface area contributed by atoms with Crippen molar-refractivity contribution in [1.82, 2.24) is 25.8 Å². The van der Waals surface area contributed by atoms with Crippen LogP contribution >= 0.6 is 23.5 Å². The number of hydrogen-bond acceptors (Lipinski definition) is 15. The van der Waals surface area contributed by atoms with Crippen LogP contribution in [0.5, 0.6) is 28.7 Å². The molecule has 10 atom stereocenters. The summed E-state index contributed by atoms with van der Waals surface area (Å²) in [5.74, 6) is 1.13. The van der Waals surface area contributed by atoms with Gasteiger partial charge in [0.1, 0.15) is 24.4 Å². The first-order chi connectivity index (χ1) is 28.4. The number of urea groups is 1. The van der Waals surface area contributed by atoms with Gasteiger partial charge in [0.15, 0.2) is 23.0 Å². The highest BCUT2D eigenvalue weighted by Gasteiger charge is 2.61. The number of nitriles is 1. The van der Waals surface area contributed by atoms with E-state index in [4.69, 9.17) is 23.7 Å². The normalized spacial score (nSPS) is 31.4. The number of hydrogen-bond donors (Lipinski definition) is 4. The molecule has 4 bridgehead atoms. The number of nitrogens with zero attached hydrogens (tertiary/aromatic N) is 3. The van der Waals surface area contributed by atoms with Gasteiger partial charge in [-0.1, -0.05) is 12.5 Å². The molecule has 0 spiro atoms. The first-order valence-corrected chi connectivity index (χ1v) is 22.2. The topological polar surface area (TPSA) is 201 Å². The van der Waals surface area contributed by atoms with E-state index in [1.54, 1.807) is 0 Å². The van der Waals surface area contributed by atoms with E-state index in [1.807, 2.05) is 38.7 Å². The van der Waals surface area contributed by atoms with Gasteiger partial charge in [0, 0.05) is 64.4 Å². The van der Waals surface area contributed by atoms with Gasteiger partial charge < -0.3 is 44.7 Å². The standard InChI is InChI=1S/C41H48N6O10S2/c1-17-10-20-11-23-24(12-42)47-25-13-54-40(51)22(43-27(49)9-7-6-8-26-31-21(14-58-26)44-41(52)45-31)15-59-39(33(47)32(46(23)4)28(20)34(50)35(17)53-5)30-29(25)38-37(55-16-56-38)18(2)36(30)57-19(3)48/h10,21-26,31-33,39,50H,6-9,11,13-16H2,1-5H3,(H,43,49)(H2,44,45,52)/t21?,22-,23+,24-,25+,26?,31?,32+,33?,39+/m0/s1.